The SMILES string of the molecule is C=C(/C=C\C=C/NC)c1ccc(CC)cc1C. The van der Waals surface area contributed by atoms with Gasteiger partial charge >= 0.3 is 0 Å². The van der Waals surface area contributed by atoms with Crippen LogP contribution in [0.25, 0.3) is 5.57 Å². The second-order valence-electron chi connectivity index (χ2n) is 4.03. The van der Waals surface area contributed by atoms with E-state index in [9.17, 15) is 0 Å². The highest BCUT2D eigenvalue weighted by Crippen LogP contribution is 2.20. The van der Waals surface area contributed by atoms with Gasteiger partial charge in [-0.1, -0.05) is 43.9 Å². The summed E-state index contributed by atoms with van der Waals surface area (Å²) in [7, 11) is 1.88. The molecule has 0 aliphatic carbocycles. The third-order valence-corrected chi connectivity index (χ3v) is 2.72. The zero-order chi connectivity index (χ0) is 12.7. The minimum absolute atomic E-state index is 1.05. The molecule has 0 fully saturated rings. The summed E-state index contributed by atoms with van der Waals surface area (Å²) in [5.74, 6) is 0. The van der Waals surface area contributed by atoms with Crippen LogP contribution in [0.15, 0.2) is 49.2 Å². The average molecular weight is 227 g/mol. The molecule has 1 nitrogen and oxygen atoms in total. The van der Waals surface area contributed by atoms with Crippen LogP contribution in [0.1, 0.15) is 23.6 Å². The van der Waals surface area contributed by atoms with E-state index in [1.807, 2.05) is 31.5 Å². The van der Waals surface area contributed by atoms with Crippen molar-refractivity contribution >= 4 is 5.57 Å². The van der Waals surface area contributed by atoms with Gasteiger partial charge in [0.2, 0.25) is 0 Å². The molecule has 0 bridgehead atoms. The Balaban J connectivity index is 2.82. The highest BCUT2D eigenvalue weighted by Gasteiger charge is 2.00. The molecule has 1 rings (SSSR count). The molecule has 0 amide bonds. The van der Waals surface area contributed by atoms with Crippen molar-refractivity contribution < 1.29 is 0 Å². The van der Waals surface area contributed by atoms with Crippen LogP contribution in [0.2, 0.25) is 0 Å². The zero-order valence-electron chi connectivity index (χ0n) is 11.0. The number of hydrogen-bond acceptors (Lipinski definition) is 1. The Labute approximate surface area is 105 Å². The topological polar surface area (TPSA) is 12.0 Å². The molecule has 1 N–H and O–H groups in total. The van der Waals surface area contributed by atoms with Crippen LogP contribution >= 0.6 is 0 Å². The summed E-state index contributed by atoms with van der Waals surface area (Å²) in [6, 6.07) is 6.56. The normalized spacial score (nSPS) is 11.2. The van der Waals surface area contributed by atoms with Crippen LogP contribution in [0, 0.1) is 6.92 Å². The van der Waals surface area contributed by atoms with E-state index >= 15 is 0 Å². The molecule has 17 heavy (non-hydrogen) atoms. The molecule has 0 saturated carbocycles. The quantitative estimate of drug-likeness (QED) is 0.753. The fraction of sp³-hybridized carbons (Fsp3) is 0.250. The molecule has 0 aliphatic rings. The van der Waals surface area contributed by atoms with Crippen molar-refractivity contribution in [2.75, 3.05) is 7.05 Å². The van der Waals surface area contributed by atoms with Gasteiger partial charge in [-0.05, 0) is 47.9 Å². The number of hydrogen-bond donors (Lipinski definition) is 1. The first kappa shape index (κ1) is 13.3. The lowest BCUT2D eigenvalue weighted by Gasteiger charge is -2.07. The molecule has 0 heterocycles. The average Bonchev–Trinajstić information content (AvgIpc) is 2.34. The molecule has 0 radical (unpaired) electrons. The molecule has 1 heteroatoms. The van der Waals surface area contributed by atoms with E-state index in [4.69, 9.17) is 0 Å². The lowest BCUT2D eigenvalue weighted by molar-refractivity contribution is 1.10. The van der Waals surface area contributed by atoms with Crippen LogP contribution in [-0.4, -0.2) is 7.05 Å². The van der Waals surface area contributed by atoms with Gasteiger partial charge < -0.3 is 5.32 Å². The number of aryl methyl sites for hydroxylation is 2. The van der Waals surface area contributed by atoms with Crippen molar-refractivity contribution in [2.45, 2.75) is 20.3 Å². The highest BCUT2D eigenvalue weighted by atomic mass is 14.8. The summed E-state index contributed by atoms with van der Waals surface area (Å²) < 4.78 is 0. The first-order valence-corrected chi connectivity index (χ1v) is 5.98. The molecule has 1 aromatic carbocycles. The van der Waals surface area contributed by atoms with E-state index in [2.05, 4.69) is 43.9 Å². The van der Waals surface area contributed by atoms with Crippen molar-refractivity contribution in [1.29, 1.82) is 0 Å². The summed E-state index contributed by atoms with van der Waals surface area (Å²) >= 11 is 0. The molecule has 0 atom stereocenters. The third-order valence-electron chi connectivity index (χ3n) is 2.72. The van der Waals surface area contributed by atoms with E-state index < -0.39 is 0 Å². The van der Waals surface area contributed by atoms with Gasteiger partial charge in [-0.25, -0.2) is 0 Å². The largest absolute Gasteiger partial charge is 0.394 e. The van der Waals surface area contributed by atoms with Gasteiger partial charge in [0.15, 0.2) is 0 Å². The fourth-order valence-electron chi connectivity index (χ4n) is 1.72. The maximum atomic E-state index is 4.10. The van der Waals surface area contributed by atoms with Gasteiger partial charge in [0.25, 0.3) is 0 Å². The van der Waals surface area contributed by atoms with Gasteiger partial charge in [-0.2, -0.15) is 0 Å². The standard InChI is InChI=1S/C16H21N/c1-5-15-9-10-16(14(3)12-15)13(2)8-6-7-11-17-4/h6-12,17H,2,5H2,1,3-4H3/b8-6-,11-7-. The van der Waals surface area contributed by atoms with Crippen LogP contribution in [0.5, 0.6) is 0 Å². The Bertz CT molecular complexity index is 439. The second kappa shape index (κ2) is 6.74. The maximum absolute atomic E-state index is 4.10. The van der Waals surface area contributed by atoms with E-state index in [1.54, 1.807) is 0 Å². The number of benzene rings is 1. The van der Waals surface area contributed by atoms with E-state index in [0.717, 1.165) is 12.0 Å². The predicted octanol–water partition coefficient (Wildman–Crippen LogP) is 3.86. The molecular formula is C16H21N. The lowest BCUT2D eigenvalue weighted by atomic mass is 9.98. The lowest BCUT2D eigenvalue weighted by Crippen LogP contribution is -1.90. The summed E-state index contributed by atoms with van der Waals surface area (Å²) in [5, 5.41) is 2.95. The Morgan fingerprint density at radius 2 is 2.12 bits per heavy atom. The Kier molecular flexibility index (Phi) is 5.28. The summed E-state index contributed by atoms with van der Waals surface area (Å²) in [5.41, 5.74) is 4.93. The summed E-state index contributed by atoms with van der Waals surface area (Å²) in [6.45, 7) is 8.41. The molecule has 90 valence electrons. The molecule has 0 spiro atoms. The maximum Gasteiger partial charge on any atom is 0.00277 e. The first-order chi connectivity index (χ1) is 8.19. The highest BCUT2D eigenvalue weighted by molar-refractivity contribution is 5.74. The van der Waals surface area contributed by atoms with Gasteiger partial charge in [0, 0.05) is 7.05 Å². The molecule has 0 saturated heterocycles. The number of nitrogens with one attached hydrogen (secondary N) is 1. The van der Waals surface area contributed by atoms with Crippen molar-refractivity contribution in [1.82, 2.24) is 5.32 Å². The zero-order valence-corrected chi connectivity index (χ0v) is 11.0. The first-order valence-electron chi connectivity index (χ1n) is 5.98. The van der Waals surface area contributed by atoms with Crippen molar-refractivity contribution in [3.63, 3.8) is 0 Å². The molecule has 0 aromatic heterocycles. The van der Waals surface area contributed by atoms with Crippen molar-refractivity contribution in [3.8, 4) is 0 Å². The monoisotopic (exact) mass is 227 g/mol. The van der Waals surface area contributed by atoms with Crippen molar-refractivity contribution in [2.24, 2.45) is 0 Å². The Morgan fingerprint density at radius 3 is 2.71 bits per heavy atom. The molecule has 0 unspecified atom stereocenters. The Morgan fingerprint density at radius 1 is 1.35 bits per heavy atom. The van der Waals surface area contributed by atoms with Gasteiger partial charge in [0.05, 0.1) is 0 Å². The minimum atomic E-state index is 1.05. The van der Waals surface area contributed by atoms with Crippen LogP contribution in [-0.2, 0) is 6.42 Å². The fourth-order valence-corrected chi connectivity index (χ4v) is 1.72. The third kappa shape index (κ3) is 3.95. The van der Waals surface area contributed by atoms with E-state index in [0.29, 0.717) is 0 Å². The van der Waals surface area contributed by atoms with Crippen LogP contribution in [0.4, 0.5) is 0 Å². The number of rotatable bonds is 5. The van der Waals surface area contributed by atoms with E-state index in [-0.39, 0.29) is 0 Å². The van der Waals surface area contributed by atoms with Gasteiger partial charge in [0.1, 0.15) is 0 Å². The van der Waals surface area contributed by atoms with Crippen LogP contribution in [0.3, 0.4) is 0 Å². The van der Waals surface area contributed by atoms with E-state index in [1.165, 1.54) is 16.7 Å². The minimum Gasteiger partial charge on any atom is -0.394 e. The molecule has 1 aromatic rings. The Hall–Kier alpha value is -1.76. The second-order valence-corrected chi connectivity index (χ2v) is 4.03. The smallest absolute Gasteiger partial charge is 0.00277 e. The van der Waals surface area contributed by atoms with Crippen molar-refractivity contribution in [3.05, 3.63) is 65.9 Å². The molecular weight excluding hydrogens is 206 g/mol. The van der Waals surface area contributed by atoms with Crippen LogP contribution < -0.4 is 5.32 Å². The molecule has 0 aliphatic heterocycles. The van der Waals surface area contributed by atoms with Gasteiger partial charge in [-0.15, -0.1) is 0 Å². The summed E-state index contributed by atoms with van der Waals surface area (Å²) in [6.07, 6.45) is 8.94. The number of allylic oxidation sites excluding steroid dienone is 4. The van der Waals surface area contributed by atoms with Gasteiger partial charge in [-0.3, -0.25) is 0 Å². The predicted molar refractivity (Wildman–Crippen MR) is 76.9 cm³/mol. The summed E-state index contributed by atoms with van der Waals surface area (Å²) in [4.78, 5) is 0.